The Kier molecular flexibility index (Phi) is 16.7. The molecule has 416 valence electrons. The van der Waals surface area contributed by atoms with Crippen LogP contribution in [0.25, 0.3) is 21.5 Å². The summed E-state index contributed by atoms with van der Waals surface area (Å²) in [5, 5.41) is 2.55. The summed E-state index contributed by atoms with van der Waals surface area (Å²) in [5.74, 6) is -1.98. The number of rotatable bonds is 23. The van der Waals surface area contributed by atoms with Crippen molar-refractivity contribution in [2.45, 2.75) is 96.1 Å². The first-order chi connectivity index (χ1) is 35.8. The van der Waals surface area contributed by atoms with Gasteiger partial charge in [-0.05, 0) is 112 Å². The number of carbonyl (C=O) groups excluding carboxylic acids is 3. The first-order valence-electron chi connectivity index (χ1n) is 23.9. The van der Waals surface area contributed by atoms with E-state index in [9.17, 15) is 79.2 Å². The van der Waals surface area contributed by atoms with E-state index < -0.39 is 98.6 Å². The summed E-state index contributed by atoms with van der Waals surface area (Å²) >= 11 is 0. The zero-order valence-corrected chi connectivity index (χ0v) is 46.1. The number of anilines is 1. The highest BCUT2D eigenvalue weighted by atomic mass is 32.2. The second kappa shape index (κ2) is 21.8. The quantitative estimate of drug-likeness (QED) is 0.0249. The van der Waals surface area contributed by atoms with Gasteiger partial charge in [-0.3, -0.25) is 42.0 Å². The summed E-state index contributed by atoms with van der Waals surface area (Å²) in [5.41, 5.74) is 0.0804. The standard InChI is InChI=1S/C49H56N4O19S5/c1-5-51-37-16-14-33-35(27-31(74(60,61)62)29-39(33)76(66,67)68)46(37)48(2,20-10-26-73(57,58)59)41(51)11-9-12-42-49(3,21-25-72-4)47-36-28-32(75(63,64)65)30-40(77(69,70)71)34(36)15-17-38(47)52(42)23-8-6-7-13-43(54)50-22-24-53-44(55)18-19-45(53)56/h9,11-12,14-19,27-30H,5-8,10,13,20-26H2,1-4H3,(H5-,50,54,57,58,59,60,61,62,63,64,65,66,67,68,69,70,71)/p+1. The summed E-state index contributed by atoms with van der Waals surface area (Å²) in [6.07, 6.45) is 8.73. The minimum Gasteiger partial charge on any atom is -0.385 e. The van der Waals surface area contributed by atoms with E-state index in [1.54, 1.807) is 44.2 Å². The number of nitrogens with zero attached hydrogens (tertiary/aromatic N) is 3. The Morgan fingerprint density at radius 3 is 1.79 bits per heavy atom. The molecule has 28 heteroatoms. The van der Waals surface area contributed by atoms with E-state index >= 15 is 0 Å². The van der Waals surface area contributed by atoms with Gasteiger partial charge in [0.2, 0.25) is 11.6 Å². The van der Waals surface area contributed by atoms with E-state index in [4.69, 9.17) is 4.74 Å². The molecule has 0 aliphatic carbocycles. The lowest BCUT2D eigenvalue weighted by Gasteiger charge is -2.30. The molecule has 0 bridgehead atoms. The number of hydrogen-bond donors (Lipinski definition) is 6. The molecule has 3 amide bonds. The minimum absolute atomic E-state index is 0.00898. The van der Waals surface area contributed by atoms with Crippen LogP contribution < -0.4 is 10.2 Å². The molecular weight excluding hydrogens is 1110 g/mol. The SMILES string of the molecule is CCN1/C(=C/C=C/C2=[N+](CCCCCC(=O)NCCN3C(=O)C=CC3=O)c3ccc4c(S(=O)(=O)O)cc(S(=O)(=O)O)cc4c3C2(C)CCOC)C(C)(CCCS(=O)(=O)O)c2c1ccc1c(S(=O)(=O)O)cc(S(=O)(=O)O)cc21. The maximum Gasteiger partial charge on any atom is 0.295 e. The average Bonchev–Trinajstić information content (AvgIpc) is 3.87. The predicted molar refractivity (Wildman–Crippen MR) is 281 cm³/mol. The molecule has 0 saturated carbocycles. The van der Waals surface area contributed by atoms with Crippen molar-refractivity contribution in [1.82, 2.24) is 10.2 Å². The van der Waals surface area contributed by atoms with Crippen LogP contribution in [0.5, 0.6) is 0 Å². The average molecular weight is 1170 g/mol. The molecule has 2 atom stereocenters. The smallest absolute Gasteiger partial charge is 0.295 e. The van der Waals surface area contributed by atoms with Crippen molar-refractivity contribution in [3.63, 3.8) is 0 Å². The van der Waals surface area contributed by atoms with E-state index in [1.165, 1.54) is 19.2 Å². The zero-order valence-electron chi connectivity index (χ0n) is 42.0. The number of hydrogen-bond acceptors (Lipinski definition) is 15. The van der Waals surface area contributed by atoms with Crippen molar-refractivity contribution >= 4 is 107 Å². The lowest BCUT2D eigenvalue weighted by molar-refractivity contribution is -0.438. The van der Waals surface area contributed by atoms with E-state index in [0.29, 0.717) is 65.3 Å². The van der Waals surface area contributed by atoms with E-state index in [2.05, 4.69) is 5.32 Å². The van der Waals surface area contributed by atoms with Gasteiger partial charge in [0.25, 0.3) is 62.4 Å². The number of fused-ring (bicyclic) bond motifs is 6. The fourth-order valence-electron chi connectivity index (χ4n) is 10.7. The van der Waals surface area contributed by atoms with Gasteiger partial charge in [-0.2, -0.15) is 46.7 Å². The molecule has 0 aromatic heterocycles. The molecule has 4 aromatic carbocycles. The molecule has 3 aliphatic heterocycles. The summed E-state index contributed by atoms with van der Waals surface area (Å²) in [7, 11) is -23.5. The normalized spacial score (nSPS) is 19.7. The number of amides is 3. The molecule has 7 rings (SSSR count). The van der Waals surface area contributed by atoms with Gasteiger partial charge in [0, 0.05) is 104 Å². The molecule has 3 heterocycles. The van der Waals surface area contributed by atoms with Crippen LogP contribution in [0.2, 0.25) is 0 Å². The molecule has 77 heavy (non-hydrogen) atoms. The number of methoxy groups -OCH3 is 1. The Labute approximate surface area is 445 Å². The monoisotopic (exact) mass is 1170 g/mol. The van der Waals surface area contributed by atoms with Crippen molar-refractivity contribution in [1.29, 1.82) is 0 Å². The van der Waals surface area contributed by atoms with Gasteiger partial charge in [0.05, 0.1) is 21.0 Å². The summed E-state index contributed by atoms with van der Waals surface area (Å²) in [4.78, 5) is 36.1. The van der Waals surface area contributed by atoms with E-state index in [1.807, 2.05) is 16.4 Å². The second-order valence-electron chi connectivity index (χ2n) is 19.2. The van der Waals surface area contributed by atoms with Gasteiger partial charge in [0.1, 0.15) is 16.3 Å². The third kappa shape index (κ3) is 12.1. The maximum atomic E-state index is 12.9. The molecule has 23 nitrogen and oxygen atoms in total. The third-order valence-electron chi connectivity index (χ3n) is 14.2. The number of ether oxygens (including phenoxy) is 1. The molecule has 0 saturated heterocycles. The minimum atomic E-state index is -5.13. The maximum absolute atomic E-state index is 12.9. The van der Waals surface area contributed by atoms with Crippen molar-refractivity contribution in [3.05, 3.63) is 95.7 Å². The predicted octanol–water partition coefficient (Wildman–Crippen LogP) is 4.88. The van der Waals surface area contributed by atoms with Crippen LogP contribution >= 0.6 is 0 Å². The molecule has 2 unspecified atom stereocenters. The van der Waals surface area contributed by atoms with Gasteiger partial charge < -0.3 is 15.0 Å². The molecule has 0 radical (unpaired) electrons. The van der Waals surface area contributed by atoms with E-state index in [0.717, 1.165) is 29.2 Å². The van der Waals surface area contributed by atoms with Gasteiger partial charge in [-0.15, -0.1) is 0 Å². The van der Waals surface area contributed by atoms with Crippen LogP contribution in [0.15, 0.2) is 104 Å². The molecule has 4 aromatic rings. The number of allylic oxidation sites excluding steroid dienone is 4. The molecule has 3 aliphatic rings. The molecular formula is C49H57N4O19S5+. The lowest BCUT2D eigenvalue weighted by atomic mass is 9.74. The fourth-order valence-corrected chi connectivity index (χ4v) is 13.9. The largest absolute Gasteiger partial charge is 0.385 e. The summed E-state index contributed by atoms with van der Waals surface area (Å²) in [6.45, 7) is 5.88. The second-order valence-corrected chi connectivity index (χ2v) is 26.4. The van der Waals surface area contributed by atoms with Crippen molar-refractivity contribution in [2.24, 2.45) is 0 Å². The summed E-state index contributed by atoms with van der Waals surface area (Å²) < 4.78 is 185. The van der Waals surface area contributed by atoms with Gasteiger partial charge in [0.15, 0.2) is 5.71 Å². The number of likely N-dealkylation sites (N-methyl/N-ethyl adjacent to an activating group) is 1. The van der Waals surface area contributed by atoms with Gasteiger partial charge in [-0.25, -0.2) is 0 Å². The van der Waals surface area contributed by atoms with Crippen LogP contribution in [-0.2, 0) is 80.5 Å². The third-order valence-corrected chi connectivity index (χ3v) is 18.5. The number of nitrogens with one attached hydrogen (secondary N) is 1. The Morgan fingerprint density at radius 1 is 0.688 bits per heavy atom. The van der Waals surface area contributed by atoms with Crippen LogP contribution in [0.1, 0.15) is 76.8 Å². The Morgan fingerprint density at radius 2 is 1.26 bits per heavy atom. The first kappa shape index (κ1) is 58.9. The fraction of sp³-hybridized carbons (Fsp3) is 0.388. The van der Waals surface area contributed by atoms with Crippen LogP contribution in [-0.4, -0.2) is 143 Å². The van der Waals surface area contributed by atoms with Crippen LogP contribution in [0, 0.1) is 0 Å². The van der Waals surface area contributed by atoms with Gasteiger partial charge in [-0.1, -0.05) is 12.1 Å². The first-order valence-corrected chi connectivity index (χ1v) is 31.3. The highest BCUT2D eigenvalue weighted by Crippen LogP contribution is 2.54. The lowest BCUT2D eigenvalue weighted by Crippen LogP contribution is -2.38. The highest BCUT2D eigenvalue weighted by Gasteiger charge is 2.50. The number of imide groups is 1. The number of carbonyl (C=O) groups is 3. The summed E-state index contributed by atoms with van der Waals surface area (Å²) in [6, 6.07) is 9.33. The zero-order chi connectivity index (χ0) is 56.8. The Hall–Kier alpha value is -5.79. The topological polar surface area (TPSA) is 354 Å². The van der Waals surface area contributed by atoms with Crippen molar-refractivity contribution in [2.75, 3.05) is 50.5 Å². The Balaban J connectivity index is 1.37. The van der Waals surface area contributed by atoms with Crippen molar-refractivity contribution < 1.29 is 88.5 Å². The number of unbranched alkanes of at least 4 members (excludes halogenated alkanes) is 2. The molecule has 0 fully saturated rings. The van der Waals surface area contributed by atoms with E-state index in [-0.39, 0.29) is 85.9 Å². The molecule has 6 N–H and O–H groups in total. The highest BCUT2D eigenvalue weighted by molar-refractivity contribution is 7.87. The van der Waals surface area contributed by atoms with Gasteiger partial charge >= 0.3 is 0 Å². The van der Waals surface area contributed by atoms with Crippen LogP contribution in [0.3, 0.4) is 0 Å². The Bertz CT molecular complexity index is 3840. The molecule has 0 spiro atoms. The number of benzene rings is 4. The van der Waals surface area contributed by atoms with Crippen molar-refractivity contribution in [3.8, 4) is 0 Å². The van der Waals surface area contributed by atoms with Crippen LogP contribution in [0.4, 0.5) is 11.4 Å².